The lowest BCUT2D eigenvalue weighted by molar-refractivity contribution is 0.362. The van der Waals surface area contributed by atoms with Crippen LogP contribution in [0.3, 0.4) is 0 Å². The van der Waals surface area contributed by atoms with Crippen molar-refractivity contribution in [2.45, 2.75) is 0 Å². The van der Waals surface area contributed by atoms with Crippen LogP contribution in [0.4, 0.5) is 0 Å². The summed E-state index contributed by atoms with van der Waals surface area (Å²) in [4.78, 5) is 17.8. The van der Waals surface area contributed by atoms with Crippen LogP contribution in [0.2, 0.25) is 0 Å². The Balaban J connectivity index is 1.63. The molecule has 0 saturated heterocycles. The van der Waals surface area contributed by atoms with Crippen molar-refractivity contribution in [2.75, 3.05) is 13.7 Å². The molecule has 150 valence electrons. The Morgan fingerprint density at radius 3 is 2.67 bits per heavy atom. The highest BCUT2D eigenvalue weighted by atomic mass is 32.1. The maximum atomic E-state index is 12.8. The van der Waals surface area contributed by atoms with Gasteiger partial charge in [-0.2, -0.15) is 9.50 Å². The third kappa shape index (κ3) is 4.16. The largest absolute Gasteiger partial charge is 0.497 e. The van der Waals surface area contributed by atoms with Gasteiger partial charge in [0, 0.05) is 5.56 Å². The molecule has 0 bridgehead atoms. The number of ether oxygens (including phenoxy) is 2. The molecule has 30 heavy (non-hydrogen) atoms. The Kier molecular flexibility index (Phi) is 5.72. The van der Waals surface area contributed by atoms with Crippen LogP contribution in [-0.4, -0.2) is 28.3 Å². The average Bonchev–Trinajstić information content (AvgIpc) is 3.30. The van der Waals surface area contributed by atoms with E-state index in [1.54, 1.807) is 25.3 Å². The highest BCUT2D eigenvalue weighted by Gasteiger charge is 2.10. The van der Waals surface area contributed by atoms with Gasteiger partial charge < -0.3 is 9.47 Å². The fourth-order valence-electron chi connectivity index (χ4n) is 2.83. The van der Waals surface area contributed by atoms with Gasteiger partial charge in [0.15, 0.2) is 5.82 Å². The maximum absolute atomic E-state index is 12.8. The molecule has 2 aromatic heterocycles. The van der Waals surface area contributed by atoms with Gasteiger partial charge in [0.05, 0.1) is 11.6 Å². The quantitative estimate of drug-likeness (QED) is 0.431. The lowest BCUT2D eigenvalue weighted by Gasteiger charge is -2.05. The Bertz CT molecular complexity index is 1320. The average molecular weight is 417 g/mol. The van der Waals surface area contributed by atoms with Gasteiger partial charge in [-0.15, -0.1) is 5.10 Å². The summed E-state index contributed by atoms with van der Waals surface area (Å²) in [7, 11) is 1.63. The molecule has 0 radical (unpaired) electrons. The van der Waals surface area contributed by atoms with Gasteiger partial charge in [-0.25, -0.2) is 0 Å². The van der Waals surface area contributed by atoms with Crippen molar-refractivity contribution in [3.63, 3.8) is 0 Å². The third-order valence-electron chi connectivity index (χ3n) is 4.30. The summed E-state index contributed by atoms with van der Waals surface area (Å²) >= 11 is 1.29. The minimum absolute atomic E-state index is 0.204. The zero-order chi connectivity index (χ0) is 20.9. The molecule has 4 aromatic rings. The van der Waals surface area contributed by atoms with Gasteiger partial charge in [0.2, 0.25) is 4.96 Å². The monoisotopic (exact) mass is 417 g/mol. The van der Waals surface area contributed by atoms with E-state index in [0.717, 1.165) is 16.9 Å². The zero-order valence-electron chi connectivity index (χ0n) is 16.3. The Morgan fingerprint density at radius 2 is 1.93 bits per heavy atom. The van der Waals surface area contributed by atoms with Gasteiger partial charge in [-0.3, -0.25) is 4.79 Å². The van der Waals surface area contributed by atoms with Crippen LogP contribution in [0.25, 0.3) is 23.2 Å². The van der Waals surface area contributed by atoms with Crippen LogP contribution >= 0.6 is 11.3 Å². The predicted molar refractivity (Wildman–Crippen MR) is 120 cm³/mol. The topological polar surface area (TPSA) is 65.7 Å². The lowest BCUT2D eigenvalue weighted by Crippen LogP contribution is -2.23. The summed E-state index contributed by atoms with van der Waals surface area (Å²) < 4.78 is 12.7. The first kappa shape index (κ1) is 19.6. The molecule has 0 saturated carbocycles. The number of thiazole rings is 1. The van der Waals surface area contributed by atoms with Gasteiger partial charge >= 0.3 is 0 Å². The number of hydrogen-bond donors (Lipinski definition) is 0. The second-order valence-corrected chi connectivity index (χ2v) is 7.33. The van der Waals surface area contributed by atoms with Crippen molar-refractivity contribution >= 4 is 34.5 Å². The lowest BCUT2D eigenvalue weighted by atomic mass is 10.2. The van der Waals surface area contributed by atoms with Crippen LogP contribution in [-0.2, 0) is 0 Å². The number of aromatic nitrogens is 3. The van der Waals surface area contributed by atoms with E-state index in [9.17, 15) is 4.79 Å². The molecule has 0 atom stereocenters. The van der Waals surface area contributed by atoms with Gasteiger partial charge in [-0.1, -0.05) is 60.4 Å². The molecule has 0 unspecified atom stereocenters. The number of benzene rings is 2. The van der Waals surface area contributed by atoms with E-state index >= 15 is 0 Å². The van der Waals surface area contributed by atoms with Crippen molar-refractivity contribution in [3.8, 4) is 11.5 Å². The number of fused-ring (bicyclic) bond motifs is 1. The number of methoxy groups -OCH3 is 1. The van der Waals surface area contributed by atoms with Crippen LogP contribution in [0, 0.1) is 0 Å². The standard InChI is InChI=1S/C23H19N3O3S/c1-3-14-29-19-7-5-4-6-17(19)15-20-22(27)26-23(30-20)24-21(25-26)13-10-16-8-11-18(28-2)12-9-16/h3-13,15H,1,14H2,2H3/b13-10+,20-15+. The summed E-state index contributed by atoms with van der Waals surface area (Å²) in [6.07, 6.45) is 7.15. The minimum atomic E-state index is -0.204. The molecule has 2 heterocycles. The van der Waals surface area contributed by atoms with Gasteiger partial charge in [0.25, 0.3) is 5.56 Å². The molecule has 7 heteroatoms. The summed E-state index contributed by atoms with van der Waals surface area (Å²) in [5.74, 6) is 1.97. The van der Waals surface area contributed by atoms with Crippen molar-refractivity contribution in [3.05, 3.63) is 93.0 Å². The second kappa shape index (κ2) is 8.75. The van der Waals surface area contributed by atoms with Crippen molar-refractivity contribution < 1.29 is 9.47 Å². The summed E-state index contributed by atoms with van der Waals surface area (Å²) in [5.41, 5.74) is 1.60. The van der Waals surface area contributed by atoms with E-state index < -0.39 is 0 Å². The molecule has 0 spiro atoms. The molecule has 0 aliphatic rings. The molecular formula is C23H19N3O3S. The fraction of sp³-hybridized carbons (Fsp3) is 0.0870. The van der Waals surface area contributed by atoms with E-state index in [4.69, 9.17) is 9.47 Å². The molecule has 0 aliphatic carbocycles. The van der Waals surface area contributed by atoms with Crippen LogP contribution < -0.4 is 19.6 Å². The third-order valence-corrected chi connectivity index (χ3v) is 5.26. The maximum Gasteiger partial charge on any atom is 0.291 e. The second-order valence-electron chi connectivity index (χ2n) is 6.32. The Hall–Kier alpha value is -3.71. The first-order valence-corrected chi connectivity index (χ1v) is 10.1. The predicted octanol–water partition coefficient (Wildman–Crippen LogP) is 3.44. The summed E-state index contributed by atoms with van der Waals surface area (Å²) in [6.45, 7) is 4.06. The first-order valence-electron chi connectivity index (χ1n) is 9.24. The fourth-order valence-corrected chi connectivity index (χ4v) is 3.73. The van der Waals surface area contributed by atoms with E-state index in [2.05, 4.69) is 16.7 Å². The number of hydrogen-bond acceptors (Lipinski definition) is 6. The van der Waals surface area contributed by atoms with Crippen molar-refractivity contribution in [1.82, 2.24) is 14.6 Å². The molecule has 0 fully saturated rings. The van der Waals surface area contributed by atoms with E-state index in [1.807, 2.05) is 54.6 Å². The minimum Gasteiger partial charge on any atom is -0.497 e. The zero-order valence-corrected chi connectivity index (χ0v) is 17.1. The van der Waals surface area contributed by atoms with E-state index in [0.29, 0.717) is 27.7 Å². The molecule has 4 rings (SSSR count). The van der Waals surface area contributed by atoms with Crippen LogP contribution in [0.5, 0.6) is 11.5 Å². The van der Waals surface area contributed by atoms with Gasteiger partial charge in [0.1, 0.15) is 18.1 Å². The first-order chi connectivity index (χ1) is 14.7. The van der Waals surface area contributed by atoms with E-state index in [-0.39, 0.29) is 5.56 Å². The SMILES string of the molecule is C=CCOc1ccccc1/C=c1/sc2nc(/C=C/c3ccc(OC)cc3)nn2c1=O. The van der Waals surface area contributed by atoms with Gasteiger partial charge in [-0.05, 0) is 35.9 Å². The van der Waals surface area contributed by atoms with Crippen molar-refractivity contribution in [1.29, 1.82) is 0 Å². The molecule has 0 aliphatic heterocycles. The molecule has 6 nitrogen and oxygen atoms in total. The van der Waals surface area contributed by atoms with E-state index in [1.165, 1.54) is 15.9 Å². The number of para-hydroxylation sites is 1. The Labute approximate surface area is 177 Å². The highest BCUT2D eigenvalue weighted by Crippen LogP contribution is 2.19. The normalized spacial score (nSPS) is 12.0. The van der Waals surface area contributed by atoms with Crippen LogP contribution in [0.1, 0.15) is 17.0 Å². The smallest absolute Gasteiger partial charge is 0.291 e. The molecule has 2 aromatic carbocycles. The molecular weight excluding hydrogens is 398 g/mol. The summed E-state index contributed by atoms with van der Waals surface area (Å²) in [6, 6.07) is 15.2. The highest BCUT2D eigenvalue weighted by molar-refractivity contribution is 7.15. The summed E-state index contributed by atoms with van der Waals surface area (Å²) in [5, 5.41) is 4.32. The van der Waals surface area contributed by atoms with Crippen LogP contribution in [0.15, 0.2) is 66.0 Å². The number of nitrogens with zero attached hydrogens (tertiary/aromatic N) is 3. The molecule has 0 amide bonds. The number of rotatable bonds is 7. The van der Waals surface area contributed by atoms with Crippen molar-refractivity contribution in [2.24, 2.45) is 0 Å². The molecule has 0 N–H and O–H groups in total. The Morgan fingerprint density at radius 1 is 1.13 bits per heavy atom.